The van der Waals surface area contributed by atoms with Crippen LogP contribution in [0.1, 0.15) is 22.8 Å². The first-order valence-electron chi connectivity index (χ1n) is 7.46. The van der Waals surface area contributed by atoms with Crippen LogP contribution in [0.4, 0.5) is 4.39 Å². The lowest BCUT2D eigenvalue weighted by Crippen LogP contribution is -2.40. The predicted molar refractivity (Wildman–Crippen MR) is 96.4 cm³/mol. The summed E-state index contributed by atoms with van der Waals surface area (Å²) in [5, 5.41) is 0. The van der Waals surface area contributed by atoms with E-state index in [9.17, 15) is 14.0 Å². The van der Waals surface area contributed by atoms with Crippen molar-refractivity contribution in [3.63, 3.8) is 0 Å². The largest absolute Gasteiger partial charge is 0.494 e. The maximum atomic E-state index is 13.6. The molecule has 25 heavy (non-hydrogen) atoms. The molecule has 2 rings (SSSR count). The van der Waals surface area contributed by atoms with E-state index in [1.165, 1.54) is 18.2 Å². The second-order valence-electron chi connectivity index (χ2n) is 4.90. The Morgan fingerprint density at radius 3 is 2.56 bits per heavy atom. The smallest absolute Gasteiger partial charge is 0.269 e. The molecule has 2 N–H and O–H groups in total. The molecule has 0 aromatic heterocycles. The molecule has 2 aromatic rings. The number of hydrogen-bond donors (Lipinski definition) is 2. The molecule has 5 nitrogen and oxygen atoms in total. The van der Waals surface area contributed by atoms with Crippen LogP contribution in [0.5, 0.6) is 5.75 Å². The van der Waals surface area contributed by atoms with Crippen molar-refractivity contribution in [2.24, 2.45) is 0 Å². The van der Waals surface area contributed by atoms with Crippen LogP contribution >= 0.6 is 15.9 Å². The van der Waals surface area contributed by atoms with Gasteiger partial charge in [0.2, 0.25) is 0 Å². The Kier molecular flexibility index (Phi) is 6.71. The second kappa shape index (κ2) is 8.98. The molecule has 0 atom stereocenters. The highest BCUT2D eigenvalue weighted by Crippen LogP contribution is 2.16. The van der Waals surface area contributed by atoms with Gasteiger partial charge in [-0.1, -0.05) is 15.9 Å². The van der Waals surface area contributed by atoms with Gasteiger partial charge in [0, 0.05) is 21.7 Å². The van der Waals surface area contributed by atoms with E-state index in [-0.39, 0.29) is 5.56 Å². The number of carbonyl (C=O) groups is 2. The molecule has 130 valence electrons. The lowest BCUT2D eigenvalue weighted by atomic mass is 10.2. The van der Waals surface area contributed by atoms with Crippen LogP contribution < -0.4 is 15.6 Å². The first-order valence-corrected chi connectivity index (χ1v) is 8.25. The van der Waals surface area contributed by atoms with Crippen molar-refractivity contribution in [1.82, 2.24) is 10.9 Å². The Morgan fingerprint density at radius 2 is 1.88 bits per heavy atom. The Bertz CT molecular complexity index is 791. The molecule has 2 amide bonds. The number of hydrazine groups is 1. The zero-order chi connectivity index (χ0) is 18.2. The summed E-state index contributed by atoms with van der Waals surface area (Å²) in [4.78, 5) is 23.7. The second-order valence-corrected chi connectivity index (χ2v) is 5.82. The third-order valence-corrected chi connectivity index (χ3v) is 3.59. The van der Waals surface area contributed by atoms with E-state index >= 15 is 0 Å². The van der Waals surface area contributed by atoms with Crippen LogP contribution in [0, 0.1) is 5.82 Å². The van der Waals surface area contributed by atoms with Gasteiger partial charge in [-0.2, -0.15) is 0 Å². The van der Waals surface area contributed by atoms with Gasteiger partial charge in [0.05, 0.1) is 6.61 Å². The van der Waals surface area contributed by atoms with Gasteiger partial charge in [0.15, 0.2) is 0 Å². The van der Waals surface area contributed by atoms with E-state index in [1.54, 1.807) is 30.3 Å². The first-order chi connectivity index (χ1) is 12.0. The lowest BCUT2D eigenvalue weighted by Gasteiger charge is -2.07. The Morgan fingerprint density at radius 1 is 1.16 bits per heavy atom. The highest BCUT2D eigenvalue weighted by molar-refractivity contribution is 9.10. The fraction of sp³-hybridized carbons (Fsp3) is 0.111. The van der Waals surface area contributed by atoms with Gasteiger partial charge in [-0.05, 0) is 55.5 Å². The van der Waals surface area contributed by atoms with E-state index < -0.39 is 17.6 Å². The standard InChI is InChI=1S/C18H16BrFN2O3/c1-2-25-15-7-3-12(4-8-15)18(24)22-21-17(23)10-5-13-11-14(19)6-9-16(13)20/h3-11H,2H2,1H3,(H,21,23)(H,22,24)/b10-5+. The topological polar surface area (TPSA) is 67.4 Å². The molecule has 0 radical (unpaired) electrons. The van der Waals surface area contributed by atoms with E-state index in [0.717, 1.165) is 6.08 Å². The highest BCUT2D eigenvalue weighted by Gasteiger charge is 2.06. The summed E-state index contributed by atoms with van der Waals surface area (Å²) in [5.41, 5.74) is 5.13. The number of hydrogen-bond acceptors (Lipinski definition) is 3. The molecule has 0 unspecified atom stereocenters. The fourth-order valence-corrected chi connectivity index (χ4v) is 2.29. The maximum absolute atomic E-state index is 13.6. The summed E-state index contributed by atoms with van der Waals surface area (Å²) in [5.74, 6) is -0.857. The Labute approximate surface area is 153 Å². The minimum atomic E-state index is -0.585. The van der Waals surface area contributed by atoms with Crippen LogP contribution in [0.3, 0.4) is 0 Å². The number of rotatable bonds is 5. The molecular formula is C18H16BrFN2O3. The quantitative estimate of drug-likeness (QED) is 0.590. The SMILES string of the molecule is CCOc1ccc(C(=O)NNC(=O)/C=C/c2cc(Br)ccc2F)cc1. The molecule has 0 heterocycles. The van der Waals surface area contributed by atoms with Gasteiger partial charge in [-0.15, -0.1) is 0 Å². The van der Waals surface area contributed by atoms with Gasteiger partial charge in [0.1, 0.15) is 11.6 Å². The van der Waals surface area contributed by atoms with Crippen molar-refractivity contribution < 1.29 is 18.7 Å². The maximum Gasteiger partial charge on any atom is 0.269 e. The van der Waals surface area contributed by atoms with Gasteiger partial charge < -0.3 is 4.74 Å². The van der Waals surface area contributed by atoms with Crippen LogP contribution in [0.2, 0.25) is 0 Å². The summed E-state index contributed by atoms with van der Waals surface area (Å²) < 4.78 is 19.5. The van der Waals surface area contributed by atoms with Gasteiger partial charge in [0.25, 0.3) is 11.8 Å². The number of halogens is 2. The zero-order valence-electron chi connectivity index (χ0n) is 13.4. The summed E-state index contributed by atoms with van der Waals surface area (Å²) in [6.45, 7) is 2.40. The Hall–Kier alpha value is -2.67. The number of benzene rings is 2. The molecule has 2 aromatic carbocycles. The van der Waals surface area contributed by atoms with Crippen LogP contribution in [-0.2, 0) is 4.79 Å². The molecular weight excluding hydrogens is 391 g/mol. The molecule has 0 fully saturated rings. The number of nitrogens with one attached hydrogen (secondary N) is 2. The van der Waals surface area contributed by atoms with Crippen molar-refractivity contribution >= 4 is 33.8 Å². The fourth-order valence-electron chi connectivity index (χ4n) is 1.91. The number of carbonyl (C=O) groups excluding carboxylic acids is 2. The molecule has 0 saturated heterocycles. The summed E-state index contributed by atoms with van der Waals surface area (Å²) in [6.07, 6.45) is 2.45. The average molecular weight is 407 g/mol. The van der Waals surface area contributed by atoms with Gasteiger partial charge in [-0.3, -0.25) is 20.4 Å². The van der Waals surface area contributed by atoms with Crippen LogP contribution in [0.15, 0.2) is 53.0 Å². The van der Waals surface area contributed by atoms with E-state index in [0.29, 0.717) is 22.4 Å². The molecule has 0 aliphatic heterocycles. The van der Waals surface area contributed by atoms with Crippen molar-refractivity contribution in [2.45, 2.75) is 6.92 Å². The minimum absolute atomic E-state index is 0.252. The molecule has 0 saturated carbocycles. The molecule has 0 aliphatic carbocycles. The monoisotopic (exact) mass is 406 g/mol. The number of ether oxygens (including phenoxy) is 1. The first kappa shape index (κ1) is 18.7. The van der Waals surface area contributed by atoms with Gasteiger partial charge in [-0.25, -0.2) is 4.39 Å². The van der Waals surface area contributed by atoms with E-state index in [1.807, 2.05) is 6.92 Å². The summed E-state index contributed by atoms with van der Waals surface area (Å²) in [6, 6.07) is 10.9. The van der Waals surface area contributed by atoms with Crippen molar-refractivity contribution in [3.05, 3.63) is 70.0 Å². The highest BCUT2D eigenvalue weighted by atomic mass is 79.9. The summed E-state index contributed by atoms with van der Waals surface area (Å²) >= 11 is 3.23. The van der Waals surface area contributed by atoms with Crippen LogP contribution in [0.25, 0.3) is 6.08 Å². The normalized spacial score (nSPS) is 10.5. The summed E-state index contributed by atoms with van der Waals surface area (Å²) in [7, 11) is 0. The van der Waals surface area contributed by atoms with Crippen molar-refractivity contribution in [2.75, 3.05) is 6.61 Å². The Balaban J connectivity index is 1.89. The molecule has 0 spiro atoms. The molecule has 0 aliphatic rings. The van der Waals surface area contributed by atoms with Gasteiger partial charge >= 0.3 is 0 Å². The van der Waals surface area contributed by atoms with Crippen molar-refractivity contribution in [1.29, 1.82) is 0 Å². The third kappa shape index (κ3) is 5.72. The molecule has 7 heteroatoms. The lowest BCUT2D eigenvalue weighted by molar-refractivity contribution is -0.117. The third-order valence-electron chi connectivity index (χ3n) is 3.10. The minimum Gasteiger partial charge on any atom is -0.494 e. The van der Waals surface area contributed by atoms with Crippen molar-refractivity contribution in [3.8, 4) is 5.75 Å². The molecule has 0 bridgehead atoms. The zero-order valence-corrected chi connectivity index (χ0v) is 15.0. The van der Waals surface area contributed by atoms with E-state index in [2.05, 4.69) is 26.8 Å². The predicted octanol–water partition coefficient (Wildman–Crippen LogP) is 3.46. The average Bonchev–Trinajstić information content (AvgIpc) is 2.61. The number of amides is 2. The van der Waals surface area contributed by atoms with E-state index in [4.69, 9.17) is 4.74 Å². The van der Waals surface area contributed by atoms with Crippen LogP contribution in [-0.4, -0.2) is 18.4 Å².